The van der Waals surface area contributed by atoms with Crippen LogP contribution in [0, 0.1) is 17.6 Å². The fraction of sp³-hybridized carbons (Fsp3) is 0.412. The van der Waals surface area contributed by atoms with Gasteiger partial charge < -0.3 is 11.5 Å². The normalized spacial score (nSPS) is 15.9. The van der Waals surface area contributed by atoms with Gasteiger partial charge in [-0.3, -0.25) is 0 Å². The second-order valence-electron chi connectivity index (χ2n) is 5.47. The Hall–Kier alpha value is -1.68. The fourth-order valence-electron chi connectivity index (χ4n) is 1.93. The number of hydrogen-bond acceptors (Lipinski definition) is 2. The van der Waals surface area contributed by atoms with Gasteiger partial charge in [-0.2, -0.15) is 0 Å². The Morgan fingerprint density at radius 2 is 1.81 bits per heavy atom. The zero-order valence-electron chi connectivity index (χ0n) is 12.9. The molecule has 2 nitrogen and oxygen atoms in total. The summed E-state index contributed by atoms with van der Waals surface area (Å²) < 4.78 is 26.3. The van der Waals surface area contributed by atoms with Gasteiger partial charge in [-0.1, -0.05) is 32.4 Å². The highest BCUT2D eigenvalue weighted by Crippen LogP contribution is 2.14. The van der Waals surface area contributed by atoms with E-state index in [2.05, 4.69) is 19.9 Å². The molecule has 4 N–H and O–H groups in total. The maximum Gasteiger partial charge on any atom is 0.126 e. The van der Waals surface area contributed by atoms with Crippen LogP contribution in [0.25, 0.3) is 0 Å². The average molecular weight is 294 g/mol. The minimum absolute atomic E-state index is 0.301. The summed E-state index contributed by atoms with van der Waals surface area (Å²) in [6.45, 7) is 6.12. The molecule has 1 aromatic rings. The predicted octanol–water partition coefficient (Wildman–Crippen LogP) is 3.67. The number of benzene rings is 1. The van der Waals surface area contributed by atoms with Crippen molar-refractivity contribution < 1.29 is 8.78 Å². The lowest BCUT2D eigenvalue weighted by atomic mass is 10.00. The van der Waals surface area contributed by atoms with Crippen LogP contribution in [-0.4, -0.2) is 6.04 Å². The van der Waals surface area contributed by atoms with Crippen LogP contribution in [0.15, 0.2) is 41.6 Å². The molecular weight excluding hydrogens is 270 g/mol. The lowest BCUT2D eigenvalue weighted by Gasteiger charge is -2.15. The molecule has 0 amide bonds. The highest BCUT2D eigenvalue weighted by Gasteiger charge is 2.11. The molecule has 1 rings (SSSR count). The smallest absolute Gasteiger partial charge is 0.126 e. The van der Waals surface area contributed by atoms with Crippen LogP contribution in [0.5, 0.6) is 0 Å². The van der Waals surface area contributed by atoms with E-state index in [1.807, 2.05) is 13.0 Å². The van der Waals surface area contributed by atoms with E-state index < -0.39 is 17.7 Å². The predicted molar refractivity (Wildman–Crippen MR) is 83.5 cm³/mol. The van der Waals surface area contributed by atoms with Crippen LogP contribution in [-0.2, 0) is 6.42 Å². The van der Waals surface area contributed by atoms with Gasteiger partial charge in [0.2, 0.25) is 0 Å². The minimum Gasteiger partial charge on any atom is -0.401 e. The molecule has 0 saturated heterocycles. The summed E-state index contributed by atoms with van der Waals surface area (Å²) in [7, 11) is 0. The van der Waals surface area contributed by atoms with E-state index in [4.69, 9.17) is 11.5 Å². The molecule has 21 heavy (non-hydrogen) atoms. The third kappa shape index (κ3) is 5.68. The van der Waals surface area contributed by atoms with Crippen LogP contribution in [0.3, 0.4) is 0 Å². The van der Waals surface area contributed by atoms with Gasteiger partial charge in [0.25, 0.3) is 0 Å². The first-order valence-corrected chi connectivity index (χ1v) is 7.18. The zero-order chi connectivity index (χ0) is 16.0. The van der Waals surface area contributed by atoms with E-state index in [-0.39, 0.29) is 0 Å². The number of hydrogen-bond donors (Lipinski definition) is 2. The molecule has 0 aromatic heterocycles. The van der Waals surface area contributed by atoms with Gasteiger partial charge in [0.1, 0.15) is 11.6 Å². The Morgan fingerprint density at radius 1 is 1.24 bits per heavy atom. The summed E-state index contributed by atoms with van der Waals surface area (Å²) in [6, 6.07) is 2.93. The minimum atomic E-state index is -0.604. The number of nitrogens with two attached hydrogens (primary N) is 2. The summed E-state index contributed by atoms with van der Waals surface area (Å²) in [5, 5.41) is 0. The van der Waals surface area contributed by atoms with E-state index in [9.17, 15) is 8.78 Å². The first kappa shape index (κ1) is 17.4. The van der Waals surface area contributed by atoms with Gasteiger partial charge in [0, 0.05) is 17.8 Å². The Bertz CT molecular complexity index is 515. The van der Waals surface area contributed by atoms with Crippen molar-refractivity contribution in [3.05, 3.63) is 58.8 Å². The Balaban J connectivity index is 2.81. The van der Waals surface area contributed by atoms with Crippen molar-refractivity contribution in [2.75, 3.05) is 0 Å². The van der Waals surface area contributed by atoms with Crippen molar-refractivity contribution in [3.8, 4) is 0 Å². The van der Waals surface area contributed by atoms with Crippen molar-refractivity contribution in [1.29, 1.82) is 0 Å². The van der Waals surface area contributed by atoms with E-state index in [0.29, 0.717) is 23.6 Å². The molecule has 2 atom stereocenters. The monoisotopic (exact) mass is 294 g/mol. The fourth-order valence-corrected chi connectivity index (χ4v) is 1.93. The molecule has 0 fully saturated rings. The maximum atomic E-state index is 13.2. The van der Waals surface area contributed by atoms with Crippen molar-refractivity contribution in [2.24, 2.45) is 17.4 Å². The van der Waals surface area contributed by atoms with E-state index >= 15 is 0 Å². The number of rotatable bonds is 6. The number of halogens is 2. The molecular formula is C17H24F2N2. The lowest BCUT2D eigenvalue weighted by molar-refractivity contribution is 0.577. The highest BCUT2D eigenvalue weighted by atomic mass is 19.1. The zero-order valence-corrected chi connectivity index (χ0v) is 12.9. The van der Waals surface area contributed by atoms with E-state index in [1.54, 1.807) is 0 Å². The quantitative estimate of drug-likeness (QED) is 0.787. The van der Waals surface area contributed by atoms with Gasteiger partial charge in [-0.05, 0) is 42.5 Å². The van der Waals surface area contributed by atoms with Crippen molar-refractivity contribution in [3.63, 3.8) is 0 Å². The van der Waals surface area contributed by atoms with Crippen molar-refractivity contribution in [1.82, 2.24) is 0 Å². The second kappa shape index (κ2) is 7.93. The SMILES string of the molecule is CCC(C)/C=C\C(C)=C(/N)C(N)Cc1cc(F)cc(F)c1. The molecule has 0 radical (unpaired) electrons. The molecule has 0 bridgehead atoms. The first-order chi connectivity index (χ1) is 9.83. The second-order valence-corrected chi connectivity index (χ2v) is 5.47. The van der Waals surface area contributed by atoms with Crippen molar-refractivity contribution >= 4 is 0 Å². The molecule has 0 aliphatic heterocycles. The molecule has 0 aliphatic carbocycles. The maximum absolute atomic E-state index is 13.2. The molecule has 0 heterocycles. The summed E-state index contributed by atoms with van der Waals surface area (Å²) in [5.41, 5.74) is 14.0. The summed E-state index contributed by atoms with van der Waals surface area (Å²) in [5.74, 6) is -0.734. The van der Waals surface area contributed by atoms with Crippen LogP contribution in [0.2, 0.25) is 0 Å². The van der Waals surface area contributed by atoms with Crippen LogP contribution < -0.4 is 11.5 Å². The molecule has 0 aliphatic rings. The van der Waals surface area contributed by atoms with Gasteiger partial charge in [-0.25, -0.2) is 8.78 Å². The molecule has 1 aromatic carbocycles. The average Bonchev–Trinajstić information content (AvgIpc) is 2.42. The molecule has 116 valence electrons. The van der Waals surface area contributed by atoms with Crippen LogP contribution in [0.4, 0.5) is 8.78 Å². The van der Waals surface area contributed by atoms with Crippen molar-refractivity contribution in [2.45, 2.75) is 39.7 Å². The van der Waals surface area contributed by atoms with Gasteiger partial charge in [-0.15, -0.1) is 0 Å². The Labute approximate surface area is 125 Å². The lowest BCUT2D eigenvalue weighted by Crippen LogP contribution is -2.30. The largest absolute Gasteiger partial charge is 0.401 e. The number of allylic oxidation sites excluding steroid dienone is 3. The van der Waals surface area contributed by atoms with Crippen LogP contribution >= 0.6 is 0 Å². The van der Waals surface area contributed by atoms with Gasteiger partial charge >= 0.3 is 0 Å². The standard InChI is InChI=1S/C17H24F2N2/c1-4-11(2)5-6-12(3)17(21)16(20)9-13-7-14(18)10-15(19)8-13/h5-8,10-11,16H,4,9,20-21H2,1-3H3/b6-5-,17-12-. The Kier molecular flexibility index (Phi) is 6.56. The highest BCUT2D eigenvalue weighted by molar-refractivity contribution is 5.28. The van der Waals surface area contributed by atoms with Gasteiger partial charge in [0.05, 0.1) is 0 Å². The molecule has 0 spiro atoms. The summed E-state index contributed by atoms with van der Waals surface area (Å²) in [4.78, 5) is 0. The van der Waals surface area contributed by atoms with Gasteiger partial charge in [0.15, 0.2) is 0 Å². The van der Waals surface area contributed by atoms with E-state index in [1.165, 1.54) is 12.1 Å². The Morgan fingerprint density at radius 3 is 2.33 bits per heavy atom. The third-order valence-electron chi connectivity index (χ3n) is 3.55. The molecule has 4 heteroatoms. The molecule has 0 saturated carbocycles. The topological polar surface area (TPSA) is 52.0 Å². The summed E-state index contributed by atoms with van der Waals surface area (Å²) >= 11 is 0. The van der Waals surface area contributed by atoms with Crippen LogP contribution in [0.1, 0.15) is 32.8 Å². The first-order valence-electron chi connectivity index (χ1n) is 7.18. The molecule has 2 unspecified atom stereocenters. The van der Waals surface area contributed by atoms with E-state index in [0.717, 1.165) is 18.1 Å². The third-order valence-corrected chi connectivity index (χ3v) is 3.55. The summed E-state index contributed by atoms with van der Waals surface area (Å²) in [6.07, 6.45) is 5.39.